The zero-order chi connectivity index (χ0) is 35.7. The molecule has 0 aliphatic heterocycles. The number of nitrogens with zero attached hydrogens (tertiary/aromatic N) is 3. The van der Waals surface area contributed by atoms with E-state index in [1.165, 1.54) is 26.2 Å². The van der Waals surface area contributed by atoms with Crippen molar-refractivity contribution in [2.75, 3.05) is 26.8 Å². The molecule has 0 spiro atoms. The molecule has 1 aliphatic carbocycles. The maximum Gasteiger partial charge on any atom is 0.424 e. The monoisotopic (exact) mass is 697 g/mol. The van der Waals surface area contributed by atoms with Gasteiger partial charge in [0.1, 0.15) is 35.1 Å². The highest BCUT2D eigenvalue weighted by atomic mass is 19.4. The Labute approximate surface area is 274 Å². The molecule has 0 unspecified atom stereocenters. The number of aliphatic hydroxyl groups is 1. The van der Waals surface area contributed by atoms with Gasteiger partial charge in [0.25, 0.3) is 5.91 Å². The van der Waals surface area contributed by atoms with Gasteiger partial charge in [0.05, 0.1) is 38.4 Å². The van der Waals surface area contributed by atoms with Gasteiger partial charge in [-0.05, 0) is 62.2 Å². The molecule has 2 aromatic carbocycles. The minimum absolute atomic E-state index is 0.00403. The average molecular weight is 698 g/mol. The lowest BCUT2D eigenvalue weighted by atomic mass is 9.93. The number of aromatic nitrogens is 3. The second-order valence-corrected chi connectivity index (χ2v) is 11.4. The van der Waals surface area contributed by atoms with Gasteiger partial charge < -0.3 is 25.2 Å². The molecule has 1 fully saturated rings. The first-order chi connectivity index (χ1) is 23.0. The Bertz CT molecular complexity index is 1860. The minimum atomic E-state index is -5.50. The Morgan fingerprint density at radius 3 is 2.31 bits per heavy atom. The molecule has 4 aromatic rings. The van der Waals surface area contributed by atoms with Crippen molar-refractivity contribution < 1.29 is 54.9 Å². The zero-order valence-electron chi connectivity index (χ0n) is 26.0. The van der Waals surface area contributed by atoms with E-state index in [0.29, 0.717) is 17.0 Å². The molecular weight excluding hydrogens is 667 g/mol. The summed E-state index contributed by atoms with van der Waals surface area (Å²) in [6, 6.07) is 7.82. The number of hydrogen-bond acceptors (Lipinski definition) is 7. The highest BCUT2D eigenvalue weighted by molar-refractivity contribution is 6.00. The molecular formula is C32H30F7N5O5. The van der Waals surface area contributed by atoms with Crippen LogP contribution in [-0.4, -0.2) is 70.8 Å². The van der Waals surface area contributed by atoms with Crippen LogP contribution in [0.1, 0.15) is 47.4 Å². The van der Waals surface area contributed by atoms with E-state index in [1.54, 1.807) is 16.2 Å². The molecule has 10 nitrogen and oxygen atoms in total. The number of ether oxygens (including phenoxy) is 2. The van der Waals surface area contributed by atoms with Crippen LogP contribution in [0.3, 0.4) is 0 Å². The Balaban J connectivity index is 1.54. The fourth-order valence-electron chi connectivity index (χ4n) is 5.05. The summed E-state index contributed by atoms with van der Waals surface area (Å²) in [4.78, 5) is 29.8. The van der Waals surface area contributed by atoms with Crippen LogP contribution in [-0.2, 0) is 16.8 Å². The summed E-state index contributed by atoms with van der Waals surface area (Å²) < 4.78 is 109. The molecule has 0 radical (unpaired) electrons. The number of benzene rings is 2. The molecule has 1 aliphatic rings. The topological polar surface area (TPSA) is 128 Å². The second-order valence-electron chi connectivity index (χ2n) is 11.4. The molecule has 1 saturated carbocycles. The van der Waals surface area contributed by atoms with E-state index in [2.05, 4.69) is 15.4 Å². The molecule has 2 aromatic heterocycles. The third-order valence-corrected chi connectivity index (χ3v) is 7.69. The molecule has 0 bridgehead atoms. The van der Waals surface area contributed by atoms with Gasteiger partial charge in [-0.15, -0.1) is 0 Å². The van der Waals surface area contributed by atoms with Crippen LogP contribution in [0.4, 0.5) is 30.7 Å². The number of hydrogen-bond donors (Lipinski definition) is 3. The van der Waals surface area contributed by atoms with E-state index in [9.17, 15) is 45.4 Å². The first-order valence-electron chi connectivity index (χ1n) is 14.9. The Kier molecular flexibility index (Phi) is 9.77. The Morgan fingerprint density at radius 1 is 1.02 bits per heavy atom. The quantitative estimate of drug-likeness (QED) is 0.170. The lowest BCUT2D eigenvalue weighted by Gasteiger charge is -2.31. The number of methoxy groups -OCH3 is 1. The first-order valence-corrected chi connectivity index (χ1v) is 14.9. The number of nitrogens with one attached hydrogen (secondary N) is 2. The number of alkyl halides is 6. The SMILES string of the molecule is CCOc1c(CC(=O)NCC(F)(F)F)cc([C@@](O)(CNC(=O)c2cc(OC)c3nn(C4CC4)cc3c2)C(F)(F)F)nc1-c1ccc(F)cc1. The number of pyridine rings is 1. The number of carbonyl (C=O) groups is 2. The summed E-state index contributed by atoms with van der Waals surface area (Å²) in [5.41, 5.74) is -5.39. The van der Waals surface area contributed by atoms with Crippen molar-refractivity contribution in [3.8, 4) is 22.8 Å². The van der Waals surface area contributed by atoms with E-state index in [0.717, 1.165) is 37.1 Å². The number of rotatable bonds is 12. The normalized spacial score (nSPS) is 14.7. The summed E-state index contributed by atoms with van der Waals surface area (Å²) in [5.74, 6) is -3.02. The van der Waals surface area contributed by atoms with Gasteiger partial charge in [0.15, 0.2) is 0 Å². The average Bonchev–Trinajstić information content (AvgIpc) is 3.80. The van der Waals surface area contributed by atoms with Gasteiger partial charge in [-0.2, -0.15) is 31.4 Å². The Hall–Kier alpha value is -4.93. The third-order valence-electron chi connectivity index (χ3n) is 7.69. The fourth-order valence-corrected chi connectivity index (χ4v) is 5.05. The maximum absolute atomic E-state index is 14.8. The van der Waals surface area contributed by atoms with Gasteiger partial charge >= 0.3 is 12.4 Å². The molecule has 0 saturated heterocycles. The molecule has 262 valence electrons. The van der Waals surface area contributed by atoms with Crippen LogP contribution in [0.15, 0.2) is 48.7 Å². The molecule has 1 atom stereocenters. The van der Waals surface area contributed by atoms with Crippen LogP contribution < -0.4 is 20.1 Å². The number of carbonyl (C=O) groups excluding carboxylic acids is 2. The summed E-state index contributed by atoms with van der Waals surface area (Å²) >= 11 is 0. The van der Waals surface area contributed by atoms with Crippen molar-refractivity contribution >= 4 is 22.7 Å². The first kappa shape index (κ1) is 35.4. The standard InChI is InChI=1S/C32H30F7N5O5/c1-3-49-28-18(13-25(45)40-16-31(34,35)36)12-24(42-27(28)17-4-6-21(33)7-5-17)30(47,32(37,38)39)15-41-29(46)19-10-20-14-44(22-8-9-22)43-26(20)23(11-19)48-2/h4-7,10-12,14,22,47H,3,8-9,13,15-16H2,1-2H3,(H,40,45)(H,41,46)/t30-/m0/s1. The zero-order valence-corrected chi connectivity index (χ0v) is 26.0. The predicted octanol–water partition coefficient (Wildman–Crippen LogP) is 5.38. The van der Waals surface area contributed by atoms with Crippen LogP contribution in [0.25, 0.3) is 22.2 Å². The van der Waals surface area contributed by atoms with Gasteiger partial charge in [-0.1, -0.05) is 0 Å². The lowest BCUT2D eigenvalue weighted by Crippen LogP contribution is -2.51. The van der Waals surface area contributed by atoms with E-state index in [-0.39, 0.29) is 46.5 Å². The van der Waals surface area contributed by atoms with Crippen molar-refractivity contribution in [1.29, 1.82) is 0 Å². The second kappa shape index (κ2) is 13.5. The van der Waals surface area contributed by atoms with Crippen LogP contribution >= 0.6 is 0 Å². The van der Waals surface area contributed by atoms with Gasteiger partial charge in [-0.25, -0.2) is 9.37 Å². The smallest absolute Gasteiger partial charge is 0.424 e. The van der Waals surface area contributed by atoms with Crippen LogP contribution in [0.2, 0.25) is 0 Å². The van der Waals surface area contributed by atoms with Gasteiger partial charge in [0.2, 0.25) is 11.5 Å². The van der Waals surface area contributed by atoms with E-state index in [1.807, 2.05) is 0 Å². The third kappa shape index (κ3) is 7.87. The van der Waals surface area contributed by atoms with Crippen molar-refractivity contribution in [2.45, 2.75) is 50.2 Å². The minimum Gasteiger partial charge on any atom is -0.494 e. The van der Waals surface area contributed by atoms with E-state index < -0.39 is 60.8 Å². The summed E-state index contributed by atoms with van der Waals surface area (Å²) in [7, 11) is 1.34. The number of halogens is 7. The highest BCUT2D eigenvalue weighted by Crippen LogP contribution is 2.42. The molecule has 2 amide bonds. The van der Waals surface area contributed by atoms with Crippen LogP contribution in [0, 0.1) is 5.82 Å². The molecule has 17 heteroatoms. The largest absolute Gasteiger partial charge is 0.494 e. The number of fused-ring (bicyclic) bond motifs is 1. The summed E-state index contributed by atoms with van der Waals surface area (Å²) in [6.07, 6.45) is -7.66. The summed E-state index contributed by atoms with van der Waals surface area (Å²) in [6.45, 7) is -1.80. The fraction of sp³-hybridized carbons (Fsp3) is 0.375. The predicted molar refractivity (Wildman–Crippen MR) is 160 cm³/mol. The lowest BCUT2D eigenvalue weighted by molar-refractivity contribution is -0.265. The van der Waals surface area contributed by atoms with Gasteiger partial charge in [0, 0.05) is 28.3 Å². The van der Waals surface area contributed by atoms with Crippen molar-refractivity contribution in [3.05, 3.63) is 71.3 Å². The molecule has 2 heterocycles. The van der Waals surface area contributed by atoms with E-state index in [4.69, 9.17) is 9.47 Å². The van der Waals surface area contributed by atoms with Gasteiger partial charge in [-0.3, -0.25) is 14.3 Å². The van der Waals surface area contributed by atoms with Crippen LogP contribution in [0.5, 0.6) is 11.5 Å². The molecule has 3 N–H and O–H groups in total. The summed E-state index contributed by atoms with van der Waals surface area (Å²) in [5, 5.41) is 20.0. The highest BCUT2D eigenvalue weighted by Gasteiger charge is 2.57. The van der Waals surface area contributed by atoms with E-state index >= 15 is 0 Å². The number of amides is 2. The van der Waals surface area contributed by atoms with Crippen molar-refractivity contribution in [1.82, 2.24) is 25.4 Å². The molecule has 49 heavy (non-hydrogen) atoms. The maximum atomic E-state index is 14.8. The molecule has 5 rings (SSSR count). The van der Waals surface area contributed by atoms with Crippen molar-refractivity contribution in [2.24, 2.45) is 0 Å². The van der Waals surface area contributed by atoms with Crippen molar-refractivity contribution in [3.63, 3.8) is 0 Å². The Morgan fingerprint density at radius 2 is 1.71 bits per heavy atom.